The Bertz CT molecular complexity index is 776. The van der Waals surface area contributed by atoms with Crippen molar-refractivity contribution in [3.05, 3.63) is 58.1 Å². The van der Waals surface area contributed by atoms with Crippen molar-refractivity contribution in [1.29, 1.82) is 0 Å². The molecule has 2 aromatic rings. The van der Waals surface area contributed by atoms with Crippen LogP contribution in [0.15, 0.2) is 42.5 Å². The van der Waals surface area contributed by atoms with Crippen LogP contribution in [0.4, 0.5) is 11.4 Å². The number of hydrogen-bond acceptors (Lipinski definition) is 5. The van der Waals surface area contributed by atoms with Crippen LogP contribution in [-0.4, -0.2) is 17.4 Å². The molecule has 0 radical (unpaired) electrons. The topological polar surface area (TPSA) is 105 Å². The van der Waals surface area contributed by atoms with Crippen molar-refractivity contribution in [2.45, 2.75) is 26.2 Å². The number of hydrogen-bond donors (Lipinski definition) is 1. The number of amides is 1. The summed E-state index contributed by atoms with van der Waals surface area (Å²) in [5.74, 6) is -0.173. The lowest BCUT2D eigenvalue weighted by Gasteiger charge is -2.17. The molecule has 1 atom stereocenters. The van der Waals surface area contributed by atoms with E-state index in [2.05, 4.69) is 19.2 Å². The summed E-state index contributed by atoms with van der Waals surface area (Å²) in [7, 11) is 0. The van der Waals surface area contributed by atoms with Crippen LogP contribution in [0.2, 0.25) is 0 Å². The highest BCUT2D eigenvalue weighted by Crippen LogP contribution is 2.29. The number of ether oxygens (including phenoxy) is 1. The van der Waals surface area contributed by atoms with Crippen LogP contribution in [0.1, 0.15) is 31.7 Å². The van der Waals surface area contributed by atoms with Crippen LogP contribution >= 0.6 is 0 Å². The molecule has 0 aliphatic rings. The summed E-state index contributed by atoms with van der Waals surface area (Å²) in [5.41, 5.74) is 0.591. The average Bonchev–Trinajstić information content (AvgIpc) is 2.61. The first kappa shape index (κ1) is 18.3. The van der Waals surface area contributed by atoms with E-state index in [-0.39, 0.29) is 23.9 Å². The lowest BCUT2D eigenvalue weighted by Crippen LogP contribution is -2.21. The van der Waals surface area contributed by atoms with Gasteiger partial charge in [0.05, 0.1) is 4.92 Å². The summed E-state index contributed by atoms with van der Waals surface area (Å²) in [6, 6.07) is 10.6. The molecule has 0 unspecified atom stereocenters. The van der Waals surface area contributed by atoms with Gasteiger partial charge in [-0.25, -0.2) is 0 Å². The number of para-hydroxylation sites is 1. The molecule has 25 heavy (non-hydrogen) atoms. The lowest BCUT2D eigenvalue weighted by molar-refractivity contribution is -0.385. The summed E-state index contributed by atoms with van der Waals surface area (Å²) in [6.07, 6.45) is 0.930. The number of non-ortho nitro benzene ring substituents is 1. The van der Waals surface area contributed by atoms with Crippen LogP contribution in [0.25, 0.3) is 0 Å². The molecule has 0 heterocycles. The Balaban J connectivity index is 2.05. The lowest BCUT2D eigenvalue weighted by atomic mass is 9.98. The normalized spacial score (nSPS) is 11.6. The molecule has 2 rings (SSSR count). The van der Waals surface area contributed by atoms with E-state index in [1.165, 1.54) is 0 Å². The molecule has 132 valence electrons. The van der Waals surface area contributed by atoms with E-state index in [4.69, 9.17) is 4.74 Å². The summed E-state index contributed by atoms with van der Waals surface area (Å²) >= 11 is 0. The zero-order valence-electron chi connectivity index (χ0n) is 14.0. The van der Waals surface area contributed by atoms with Gasteiger partial charge in [-0.05, 0) is 24.0 Å². The molecule has 0 aromatic heterocycles. The predicted octanol–water partition coefficient (Wildman–Crippen LogP) is 3.20. The van der Waals surface area contributed by atoms with Crippen LogP contribution < -0.4 is 15.2 Å². The number of nitro benzene ring substituents is 1. The first-order chi connectivity index (χ1) is 11.9. The maximum Gasteiger partial charge on any atom is 0.271 e. The number of benzene rings is 2. The van der Waals surface area contributed by atoms with Crippen LogP contribution in [0, 0.1) is 10.1 Å². The van der Waals surface area contributed by atoms with Gasteiger partial charge in [0, 0.05) is 17.8 Å². The van der Waals surface area contributed by atoms with Gasteiger partial charge in [-0.15, -0.1) is 0 Å². The minimum atomic E-state index is -0.631. The fourth-order valence-corrected chi connectivity index (χ4v) is 2.30. The summed E-state index contributed by atoms with van der Waals surface area (Å²) < 4.78 is 5.56. The predicted molar refractivity (Wildman–Crippen MR) is 91.8 cm³/mol. The van der Waals surface area contributed by atoms with E-state index in [9.17, 15) is 20.0 Å². The zero-order chi connectivity index (χ0) is 18.4. The molecular weight excluding hydrogens is 324 g/mol. The van der Waals surface area contributed by atoms with Gasteiger partial charge in [0.1, 0.15) is 5.75 Å². The van der Waals surface area contributed by atoms with Gasteiger partial charge >= 0.3 is 0 Å². The summed E-state index contributed by atoms with van der Waals surface area (Å²) in [5, 5.41) is 24.8. The number of carbonyl (C=O) groups is 1. The van der Waals surface area contributed by atoms with Crippen molar-refractivity contribution in [3.63, 3.8) is 0 Å². The van der Waals surface area contributed by atoms with Crippen molar-refractivity contribution in [1.82, 2.24) is 0 Å². The molecule has 1 amide bonds. The van der Waals surface area contributed by atoms with Gasteiger partial charge in [-0.3, -0.25) is 14.9 Å². The molecule has 0 fully saturated rings. The Labute approximate surface area is 145 Å². The third-order valence-corrected chi connectivity index (χ3v) is 3.87. The highest BCUT2D eigenvalue weighted by molar-refractivity contribution is 5.93. The minimum absolute atomic E-state index is 0.141. The maximum atomic E-state index is 12.0. The van der Waals surface area contributed by atoms with E-state index in [1.807, 2.05) is 18.2 Å². The van der Waals surface area contributed by atoms with Crippen molar-refractivity contribution in [2.24, 2.45) is 0 Å². The summed E-state index contributed by atoms with van der Waals surface area (Å²) in [6.45, 7) is 3.83. The molecule has 0 saturated heterocycles. The molecule has 0 aliphatic heterocycles. The minimum Gasteiger partial charge on any atom is -0.871 e. The Hall–Kier alpha value is -3.09. The number of anilines is 1. The fourth-order valence-electron chi connectivity index (χ4n) is 2.30. The monoisotopic (exact) mass is 343 g/mol. The number of nitrogens with one attached hydrogen (secondary N) is 1. The highest BCUT2D eigenvalue weighted by atomic mass is 16.6. The standard InChI is InChI=1S/C18H20N2O5/c1-3-12(2)14-6-4-5-7-17(14)25-11-18(22)19-15-10-13(20(23)24)8-9-16(15)21/h4-10,12,21H,3,11H2,1-2H3,(H,19,22)/p-1/t12-/m1/s1. The number of rotatable bonds is 7. The van der Waals surface area contributed by atoms with E-state index in [1.54, 1.807) is 6.07 Å². The third-order valence-electron chi connectivity index (χ3n) is 3.87. The zero-order valence-corrected chi connectivity index (χ0v) is 14.0. The Morgan fingerprint density at radius 1 is 1.28 bits per heavy atom. The second kappa shape index (κ2) is 8.14. The van der Waals surface area contributed by atoms with E-state index < -0.39 is 16.6 Å². The van der Waals surface area contributed by atoms with Gasteiger partial charge in [-0.1, -0.05) is 43.9 Å². The van der Waals surface area contributed by atoms with E-state index in [0.717, 1.165) is 30.2 Å². The largest absolute Gasteiger partial charge is 0.871 e. The maximum absolute atomic E-state index is 12.0. The van der Waals surface area contributed by atoms with E-state index in [0.29, 0.717) is 5.75 Å². The molecule has 7 heteroatoms. The Morgan fingerprint density at radius 2 is 2.00 bits per heavy atom. The molecule has 0 saturated carbocycles. The average molecular weight is 343 g/mol. The number of carbonyl (C=O) groups excluding carboxylic acids is 1. The van der Waals surface area contributed by atoms with Crippen molar-refractivity contribution in [2.75, 3.05) is 11.9 Å². The van der Waals surface area contributed by atoms with Crippen molar-refractivity contribution in [3.8, 4) is 11.5 Å². The van der Waals surface area contributed by atoms with Gasteiger partial charge in [0.15, 0.2) is 6.61 Å². The molecule has 7 nitrogen and oxygen atoms in total. The van der Waals surface area contributed by atoms with Crippen LogP contribution in [-0.2, 0) is 4.79 Å². The second-order valence-electron chi connectivity index (χ2n) is 5.62. The molecule has 2 aromatic carbocycles. The second-order valence-corrected chi connectivity index (χ2v) is 5.62. The first-order valence-electron chi connectivity index (χ1n) is 7.89. The van der Waals surface area contributed by atoms with Crippen molar-refractivity contribution < 1.29 is 19.6 Å². The third kappa shape index (κ3) is 4.69. The van der Waals surface area contributed by atoms with Crippen LogP contribution in [0.3, 0.4) is 0 Å². The molecular formula is C18H19N2O5-. The first-order valence-corrected chi connectivity index (χ1v) is 7.89. The van der Waals surface area contributed by atoms with Crippen molar-refractivity contribution >= 4 is 17.3 Å². The molecule has 1 N–H and O–H groups in total. The quantitative estimate of drug-likeness (QED) is 0.614. The molecule has 0 bridgehead atoms. The number of nitro groups is 1. The molecule has 0 aliphatic carbocycles. The molecule has 0 spiro atoms. The van der Waals surface area contributed by atoms with E-state index >= 15 is 0 Å². The summed E-state index contributed by atoms with van der Waals surface area (Å²) in [4.78, 5) is 22.2. The van der Waals surface area contributed by atoms with Gasteiger partial charge < -0.3 is 15.2 Å². The van der Waals surface area contributed by atoms with Gasteiger partial charge in [0.2, 0.25) is 0 Å². The van der Waals surface area contributed by atoms with Crippen LogP contribution in [0.5, 0.6) is 11.5 Å². The highest BCUT2D eigenvalue weighted by Gasteiger charge is 2.13. The fraction of sp³-hybridized carbons (Fsp3) is 0.278. The smallest absolute Gasteiger partial charge is 0.271 e. The number of nitrogens with zero attached hydrogens (tertiary/aromatic N) is 1. The Morgan fingerprint density at radius 3 is 2.68 bits per heavy atom. The Kier molecular flexibility index (Phi) is 5.94. The van der Waals surface area contributed by atoms with Gasteiger partial charge in [-0.2, -0.15) is 0 Å². The van der Waals surface area contributed by atoms with Gasteiger partial charge in [0.25, 0.3) is 11.6 Å². The SMILES string of the molecule is CC[C@@H](C)c1ccccc1OCC(=O)Nc1cc([N+](=O)[O-])ccc1[O-].